The van der Waals surface area contributed by atoms with E-state index in [0.29, 0.717) is 10.2 Å². The molecule has 0 fully saturated rings. The van der Waals surface area contributed by atoms with Crippen molar-refractivity contribution in [1.29, 1.82) is 0 Å². The normalized spacial score (nSPS) is 13.9. The topological polar surface area (TPSA) is 0 Å². The van der Waals surface area contributed by atoms with Gasteiger partial charge in [-0.25, -0.2) is 0 Å². The van der Waals surface area contributed by atoms with Crippen LogP contribution in [-0.4, -0.2) is 0 Å². The monoisotopic (exact) mass is 296 g/mol. The molecule has 0 aliphatic heterocycles. The van der Waals surface area contributed by atoms with E-state index in [4.69, 9.17) is 0 Å². The SMILES string of the molecule is Cc1cc(C)c(C)c(C(Br)CC(C)(C)C)c1C. The lowest BCUT2D eigenvalue weighted by molar-refractivity contribution is 0.376. The van der Waals surface area contributed by atoms with Gasteiger partial charge in [0.25, 0.3) is 0 Å². The molecule has 0 saturated heterocycles. The number of rotatable bonds is 2. The van der Waals surface area contributed by atoms with Gasteiger partial charge in [-0.3, -0.25) is 0 Å². The van der Waals surface area contributed by atoms with E-state index in [2.05, 4.69) is 70.5 Å². The highest BCUT2D eigenvalue weighted by atomic mass is 79.9. The molecule has 1 rings (SSSR count). The van der Waals surface area contributed by atoms with Crippen molar-refractivity contribution < 1.29 is 0 Å². The Morgan fingerprint density at radius 2 is 1.41 bits per heavy atom. The van der Waals surface area contributed by atoms with Gasteiger partial charge in [-0.2, -0.15) is 0 Å². The number of alkyl halides is 1. The molecular formula is C16H25Br. The van der Waals surface area contributed by atoms with Crippen LogP contribution < -0.4 is 0 Å². The van der Waals surface area contributed by atoms with Crippen LogP contribution in [0.5, 0.6) is 0 Å². The molecule has 0 bridgehead atoms. The van der Waals surface area contributed by atoms with Crippen molar-refractivity contribution in [2.75, 3.05) is 0 Å². The van der Waals surface area contributed by atoms with Crippen molar-refractivity contribution in [2.24, 2.45) is 5.41 Å². The Balaban J connectivity index is 3.21. The minimum Gasteiger partial charge on any atom is -0.0838 e. The number of hydrogen-bond acceptors (Lipinski definition) is 0. The van der Waals surface area contributed by atoms with Crippen LogP contribution in [0.3, 0.4) is 0 Å². The van der Waals surface area contributed by atoms with Gasteiger partial charge in [0.05, 0.1) is 0 Å². The molecule has 1 heteroatoms. The Labute approximate surface area is 115 Å². The van der Waals surface area contributed by atoms with Crippen LogP contribution in [0.4, 0.5) is 0 Å². The lowest BCUT2D eigenvalue weighted by atomic mass is 9.84. The highest BCUT2D eigenvalue weighted by Crippen LogP contribution is 2.39. The smallest absolute Gasteiger partial charge is 0.0405 e. The molecule has 0 saturated carbocycles. The third-order valence-electron chi connectivity index (χ3n) is 3.53. The summed E-state index contributed by atoms with van der Waals surface area (Å²) in [4.78, 5) is 0.459. The fourth-order valence-corrected chi connectivity index (χ4v) is 4.01. The molecule has 0 N–H and O–H groups in total. The zero-order valence-corrected chi connectivity index (χ0v) is 13.8. The number of halogens is 1. The standard InChI is InChI=1S/C16H25Br/c1-10-8-11(2)13(4)15(12(10)3)14(17)9-16(5,6)7/h8,14H,9H2,1-7H3. The molecule has 1 unspecified atom stereocenters. The zero-order chi connectivity index (χ0) is 13.4. The summed E-state index contributed by atoms with van der Waals surface area (Å²) >= 11 is 3.89. The highest BCUT2D eigenvalue weighted by Gasteiger charge is 2.21. The second kappa shape index (κ2) is 5.14. The average Bonchev–Trinajstić information content (AvgIpc) is 2.12. The Bertz CT molecular complexity index is 384. The van der Waals surface area contributed by atoms with Crippen molar-refractivity contribution >= 4 is 15.9 Å². The lowest BCUT2D eigenvalue weighted by Gasteiger charge is -2.26. The largest absolute Gasteiger partial charge is 0.0838 e. The summed E-state index contributed by atoms with van der Waals surface area (Å²) in [5, 5.41) is 0. The molecule has 96 valence electrons. The van der Waals surface area contributed by atoms with Crippen molar-refractivity contribution in [3.05, 3.63) is 33.9 Å². The number of hydrogen-bond donors (Lipinski definition) is 0. The highest BCUT2D eigenvalue weighted by molar-refractivity contribution is 9.09. The Morgan fingerprint density at radius 1 is 1.00 bits per heavy atom. The molecule has 0 radical (unpaired) electrons. The molecule has 0 aliphatic rings. The molecule has 0 amide bonds. The summed E-state index contributed by atoms with van der Waals surface area (Å²) in [5.74, 6) is 0. The minimum atomic E-state index is 0.352. The minimum absolute atomic E-state index is 0.352. The molecule has 1 aromatic carbocycles. The molecule has 0 spiro atoms. The van der Waals surface area contributed by atoms with Gasteiger partial charge in [-0.05, 0) is 67.3 Å². The van der Waals surface area contributed by atoms with Gasteiger partial charge >= 0.3 is 0 Å². The van der Waals surface area contributed by atoms with E-state index < -0.39 is 0 Å². The van der Waals surface area contributed by atoms with E-state index in [9.17, 15) is 0 Å². The second-order valence-electron chi connectivity index (χ2n) is 6.41. The van der Waals surface area contributed by atoms with Gasteiger partial charge in [0.1, 0.15) is 0 Å². The Hall–Kier alpha value is -0.300. The van der Waals surface area contributed by atoms with E-state index >= 15 is 0 Å². The van der Waals surface area contributed by atoms with Gasteiger partial charge in [0, 0.05) is 4.83 Å². The van der Waals surface area contributed by atoms with Crippen LogP contribution in [0.1, 0.15) is 59.8 Å². The maximum absolute atomic E-state index is 3.89. The van der Waals surface area contributed by atoms with Gasteiger partial charge in [-0.1, -0.05) is 42.8 Å². The first kappa shape index (κ1) is 14.8. The van der Waals surface area contributed by atoms with E-state index in [1.54, 1.807) is 0 Å². The molecule has 1 aromatic rings. The van der Waals surface area contributed by atoms with Crippen LogP contribution in [-0.2, 0) is 0 Å². The van der Waals surface area contributed by atoms with Crippen molar-refractivity contribution in [3.8, 4) is 0 Å². The fourth-order valence-electron chi connectivity index (χ4n) is 2.36. The van der Waals surface area contributed by atoms with Gasteiger partial charge in [-0.15, -0.1) is 0 Å². The average molecular weight is 297 g/mol. The first-order valence-electron chi connectivity index (χ1n) is 6.35. The summed E-state index contributed by atoms with van der Waals surface area (Å²) in [5.41, 5.74) is 7.55. The Kier molecular flexibility index (Phi) is 4.46. The molecule has 0 heterocycles. The lowest BCUT2D eigenvalue weighted by Crippen LogP contribution is -2.11. The van der Waals surface area contributed by atoms with Crippen LogP contribution >= 0.6 is 15.9 Å². The molecular weight excluding hydrogens is 272 g/mol. The Morgan fingerprint density at radius 3 is 1.76 bits per heavy atom. The predicted molar refractivity (Wildman–Crippen MR) is 81.1 cm³/mol. The summed E-state index contributed by atoms with van der Waals surface area (Å²) in [7, 11) is 0. The number of aryl methyl sites for hydroxylation is 2. The van der Waals surface area contributed by atoms with Crippen LogP contribution in [0.2, 0.25) is 0 Å². The maximum atomic E-state index is 3.89. The first-order chi connectivity index (χ1) is 7.63. The fraction of sp³-hybridized carbons (Fsp3) is 0.625. The van der Waals surface area contributed by atoms with Crippen LogP contribution in [0.25, 0.3) is 0 Å². The molecule has 0 aromatic heterocycles. The van der Waals surface area contributed by atoms with E-state index in [1.807, 2.05) is 0 Å². The summed E-state index contributed by atoms with van der Waals surface area (Å²) in [6.07, 6.45) is 1.16. The predicted octanol–water partition coefficient (Wildman–Crippen LogP) is 5.79. The summed E-state index contributed by atoms with van der Waals surface area (Å²) < 4.78 is 0. The summed E-state index contributed by atoms with van der Waals surface area (Å²) in [6, 6.07) is 2.30. The molecule has 0 nitrogen and oxygen atoms in total. The van der Waals surface area contributed by atoms with E-state index in [-0.39, 0.29) is 0 Å². The maximum Gasteiger partial charge on any atom is 0.0405 e. The molecule has 17 heavy (non-hydrogen) atoms. The molecule has 1 atom stereocenters. The van der Waals surface area contributed by atoms with Crippen molar-refractivity contribution in [1.82, 2.24) is 0 Å². The first-order valence-corrected chi connectivity index (χ1v) is 7.26. The molecule has 0 aliphatic carbocycles. The van der Waals surface area contributed by atoms with E-state index in [1.165, 1.54) is 27.8 Å². The van der Waals surface area contributed by atoms with Gasteiger partial charge < -0.3 is 0 Å². The van der Waals surface area contributed by atoms with Crippen molar-refractivity contribution in [3.63, 3.8) is 0 Å². The summed E-state index contributed by atoms with van der Waals surface area (Å²) in [6.45, 7) is 15.8. The zero-order valence-electron chi connectivity index (χ0n) is 12.2. The second-order valence-corrected chi connectivity index (χ2v) is 7.51. The van der Waals surface area contributed by atoms with Crippen LogP contribution in [0.15, 0.2) is 6.07 Å². The van der Waals surface area contributed by atoms with E-state index in [0.717, 1.165) is 6.42 Å². The van der Waals surface area contributed by atoms with Crippen molar-refractivity contribution in [2.45, 2.75) is 59.7 Å². The third-order valence-corrected chi connectivity index (χ3v) is 4.31. The van der Waals surface area contributed by atoms with Gasteiger partial charge in [0.2, 0.25) is 0 Å². The quantitative estimate of drug-likeness (QED) is 0.606. The van der Waals surface area contributed by atoms with Crippen LogP contribution in [0, 0.1) is 33.1 Å². The number of benzene rings is 1. The third kappa shape index (κ3) is 3.58. The van der Waals surface area contributed by atoms with Gasteiger partial charge in [0.15, 0.2) is 0 Å².